The molecular formula is C11H21NO2. The molecule has 2 aliphatic rings. The van der Waals surface area contributed by atoms with Gasteiger partial charge in [-0.15, -0.1) is 0 Å². The first-order valence-corrected chi connectivity index (χ1v) is 5.84. The van der Waals surface area contributed by atoms with Crippen molar-refractivity contribution in [2.45, 2.75) is 38.3 Å². The SMILES string of the molecule is CCNC(C1CCOC1)C1CCCO1. The van der Waals surface area contributed by atoms with Crippen LogP contribution < -0.4 is 5.32 Å². The highest BCUT2D eigenvalue weighted by molar-refractivity contribution is 4.87. The smallest absolute Gasteiger partial charge is 0.0732 e. The fourth-order valence-corrected chi connectivity index (χ4v) is 2.56. The van der Waals surface area contributed by atoms with Crippen molar-refractivity contribution >= 4 is 0 Å². The van der Waals surface area contributed by atoms with Gasteiger partial charge in [-0.05, 0) is 25.8 Å². The summed E-state index contributed by atoms with van der Waals surface area (Å²) < 4.78 is 11.2. The molecule has 1 N–H and O–H groups in total. The Kier molecular flexibility index (Phi) is 3.79. The maximum Gasteiger partial charge on any atom is 0.0732 e. The third kappa shape index (κ3) is 2.27. The van der Waals surface area contributed by atoms with E-state index in [1.807, 2.05) is 0 Å². The molecule has 0 aromatic rings. The van der Waals surface area contributed by atoms with E-state index in [1.54, 1.807) is 0 Å². The van der Waals surface area contributed by atoms with Crippen LogP contribution in [0.2, 0.25) is 0 Å². The van der Waals surface area contributed by atoms with Crippen LogP contribution in [0.5, 0.6) is 0 Å². The summed E-state index contributed by atoms with van der Waals surface area (Å²) in [6.07, 6.45) is 4.06. The zero-order chi connectivity index (χ0) is 9.80. The second kappa shape index (κ2) is 5.10. The molecule has 0 spiro atoms. The van der Waals surface area contributed by atoms with Crippen molar-refractivity contribution in [2.75, 3.05) is 26.4 Å². The number of likely N-dealkylation sites (N-methyl/N-ethyl adjacent to an activating group) is 1. The minimum Gasteiger partial charge on any atom is -0.381 e. The van der Waals surface area contributed by atoms with Crippen LogP contribution in [0.25, 0.3) is 0 Å². The largest absolute Gasteiger partial charge is 0.381 e. The third-order valence-corrected chi connectivity index (χ3v) is 3.28. The van der Waals surface area contributed by atoms with Gasteiger partial charge in [0.05, 0.1) is 12.7 Å². The molecule has 82 valence electrons. The highest BCUT2D eigenvalue weighted by Crippen LogP contribution is 2.25. The first-order chi connectivity index (χ1) is 6.92. The lowest BCUT2D eigenvalue weighted by Gasteiger charge is -2.28. The average molecular weight is 199 g/mol. The first kappa shape index (κ1) is 10.4. The van der Waals surface area contributed by atoms with Crippen molar-refractivity contribution in [3.8, 4) is 0 Å². The van der Waals surface area contributed by atoms with Crippen LogP contribution in [-0.2, 0) is 9.47 Å². The molecule has 0 bridgehead atoms. The lowest BCUT2D eigenvalue weighted by Crippen LogP contribution is -2.45. The molecular weight excluding hydrogens is 178 g/mol. The van der Waals surface area contributed by atoms with Crippen LogP contribution in [0.4, 0.5) is 0 Å². The van der Waals surface area contributed by atoms with Gasteiger partial charge in [-0.3, -0.25) is 0 Å². The highest BCUT2D eigenvalue weighted by atomic mass is 16.5. The molecule has 2 heterocycles. The zero-order valence-corrected chi connectivity index (χ0v) is 9.00. The monoisotopic (exact) mass is 199 g/mol. The summed E-state index contributed by atoms with van der Waals surface area (Å²) in [6.45, 7) is 5.98. The van der Waals surface area contributed by atoms with Gasteiger partial charge in [-0.2, -0.15) is 0 Å². The van der Waals surface area contributed by atoms with Crippen LogP contribution in [-0.4, -0.2) is 38.5 Å². The van der Waals surface area contributed by atoms with Gasteiger partial charge in [0.2, 0.25) is 0 Å². The van der Waals surface area contributed by atoms with E-state index in [9.17, 15) is 0 Å². The molecule has 2 fully saturated rings. The Bertz CT molecular complexity index is 147. The van der Waals surface area contributed by atoms with Crippen LogP contribution >= 0.6 is 0 Å². The second-order valence-corrected chi connectivity index (χ2v) is 4.26. The molecule has 3 nitrogen and oxygen atoms in total. The Labute approximate surface area is 86.2 Å². The standard InChI is InChI=1S/C11H21NO2/c1-2-12-11(9-5-7-13-8-9)10-4-3-6-14-10/h9-12H,2-8H2,1H3. The summed E-state index contributed by atoms with van der Waals surface area (Å²) in [5, 5.41) is 3.56. The normalized spacial score (nSPS) is 34.9. The Hall–Kier alpha value is -0.120. The number of ether oxygens (including phenoxy) is 2. The van der Waals surface area contributed by atoms with Crippen molar-refractivity contribution in [1.29, 1.82) is 0 Å². The predicted molar refractivity (Wildman–Crippen MR) is 55.4 cm³/mol. The molecule has 0 amide bonds. The number of rotatable bonds is 4. The van der Waals surface area contributed by atoms with E-state index in [4.69, 9.17) is 9.47 Å². The van der Waals surface area contributed by atoms with Crippen LogP contribution in [0.1, 0.15) is 26.2 Å². The number of hydrogen-bond acceptors (Lipinski definition) is 3. The highest BCUT2D eigenvalue weighted by Gasteiger charge is 2.33. The number of nitrogens with one attached hydrogen (secondary N) is 1. The summed E-state index contributed by atoms with van der Waals surface area (Å²) in [5.41, 5.74) is 0. The molecule has 3 atom stereocenters. The van der Waals surface area contributed by atoms with E-state index in [0.29, 0.717) is 18.1 Å². The lowest BCUT2D eigenvalue weighted by atomic mass is 9.93. The van der Waals surface area contributed by atoms with Gasteiger partial charge < -0.3 is 14.8 Å². The van der Waals surface area contributed by atoms with Gasteiger partial charge >= 0.3 is 0 Å². The Morgan fingerprint density at radius 2 is 2.29 bits per heavy atom. The molecule has 14 heavy (non-hydrogen) atoms. The van der Waals surface area contributed by atoms with E-state index in [1.165, 1.54) is 19.3 Å². The quantitative estimate of drug-likeness (QED) is 0.737. The first-order valence-electron chi connectivity index (χ1n) is 5.84. The molecule has 0 aliphatic carbocycles. The van der Waals surface area contributed by atoms with Gasteiger partial charge in [-0.25, -0.2) is 0 Å². The Morgan fingerprint density at radius 1 is 1.36 bits per heavy atom. The Morgan fingerprint density at radius 3 is 2.86 bits per heavy atom. The molecule has 0 radical (unpaired) electrons. The van der Waals surface area contributed by atoms with Crippen molar-refractivity contribution in [3.05, 3.63) is 0 Å². The van der Waals surface area contributed by atoms with Gasteiger partial charge in [0.25, 0.3) is 0 Å². The van der Waals surface area contributed by atoms with Gasteiger partial charge in [-0.1, -0.05) is 6.92 Å². The van der Waals surface area contributed by atoms with Gasteiger partial charge in [0.1, 0.15) is 0 Å². The number of hydrogen-bond donors (Lipinski definition) is 1. The summed E-state index contributed by atoms with van der Waals surface area (Å²) in [6, 6.07) is 0.519. The third-order valence-electron chi connectivity index (χ3n) is 3.28. The summed E-state index contributed by atoms with van der Waals surface area (Å²) in [5.74, 6) is 0.665. The maximum absolute atomic E-state index is 5.76. The fourth-order valence-electron chi connectivity index (χ4n) is 2.56. The van der Waals surface area contributed by atoms with E-state index >= 15 is 0 Å². The zero-order valence-electron chi connectivity index (χ0n) is 9.00. The molecule has 3 heteroatoms. The van der Waals surface area contributed by atoms with Crippen molar-refractivity contribution < 1.29 is 9.47 Å². The average Bonchev–Trinajstić information content (AvgIpc) is 2.87. The maximum atomic E-state index is 5.76. The van der Waals surface area contributed by atoms with Crippen LogP contribution in [0.3, 0.4) is 0 Å². The van der Waals surface area contributed by atoms with E-state index in [0.717, 1.165) is 26.4 Å². The molecule has 0 aromatic carbocycles. The van der Waals surface area contributed by atoms with Crippen molar-refractivity contribution in [1.82, 2.24) is 5.32 Å². The van der Waals surface area contributed by atoms with Crippen molar-refractivity contribution in [2.24, 2.45) is 5.92 Å². The van der Waals surface area contributed by atoms with Gasteiger partial charge in [0.15, 0.2) is 0 Å². The summed E-state index contributed by atoms with van der Waals surface area (Å²) in [4.78, 5) is 0. The van der Waals surface area contributed by atoms with Crippen LogP contribution in [0, 0.1) is 5.92 Å². The molecule has 0 aromatic heterocycles. The van der Waals surface area contributed by atoms with E-state index < -0.39 is 0 Å². The van der Waals surface area contributed by atoms with E-state index in [2.05, 4.69) is 12.2 Å². The second-order valence-electron chi connectivity index (χ2n) is 4.26. The summed E-state index contributed by atoms with van der Waals surface area (Å²) in [7, 11) is 0. The molecule has 2 aliphatic heterocycles. The molecule has 2 rings (SSSR count). The van der Waals surface area contributed by atoms with Crippen molar-refractivity contribution in [3.63, 3.8) is 0 Å². The minimum atomic E-state index is 0.432. The van der Waals surface area contributed by atoms with Gasteiger partial charge in [0, 0.05) is 25.2 Å². The lowest BCUT2D eigenvalue weighted by molar-refractivity contribution is 0.0544. The fraction of sp³-hybridized carbons (Fsp3) is 1.00. The molecule has 3 unspecified atom stereocenters. The van der Waals surface area contributed by atoms with E-state index in [-0.39, 0.29) is 0 Å². The topological polar surface area (TPSA) is 30.5 Å². The predicted octanol–water partition coefficient (Wildman–Crippen LogP) is 1.18. The van der Waals surface area contributed by atoms with Crippen LogP contribution in [0.15, 0.2) is 0 Å². The summed E-state index contributed by atoms with van der Waals surface area (Å²) >= 11 is 0. The molecule has 0 saturated carbocycles. The Balaban J connectivity index is 1.91. The molecule has 2 saturated heterocycles. The minimum absolute atomic E-state index is 0.432.